The number of aromatic nitrogens is 2. The molecule has 2 aromatic rings. The van der Waals surface area contributed by atoms with E-state index in [0.29, 0.717) is 17.4 Å². The van der Waals surface area contributed by atoms with Crippen molar-refractivity contribution in [3.63, 3.8) is 0 Å². The maximum absolute atomic E-state index is 9.28. The summed E-state index contributed by atoms with van der Waals surface area (Å²) in [6, 6.07) is 4.04. The van der Waals surface area contributed by atoms with Crippen LogP contribution in [0.3, 0.4) is 0 Å². The molecule has 1 saturated carbocycles. The van der Waals surface area contributed by atoms with Gasteiger partial charge in [0.1, 0.15) is 11.5 Å². The van der Waals surface area contributed by atoms with Crippen molar-refractivity contribution in [2.75, 3.05) is 0 Å². The summed E-state index contributed by atoms with van der Waals surface area (Å²) in [7, 11) is 0. The Hall–Kier alpha value is -1.68. The molecular formula is C13H14N2O2. The lowest BCUT2D eigenvalue weighted by Crippen LogP contribution is -1.91. The van der Waals surface area contributed by atoms with Crippen LogP contribution < -0.4 is 0 Å². The predicted octanol–water partition coefficient (Wildman–Crippen LogP) is 2.41. The van der Waals surface area contributed by atoms with Crippen LogP contribution in [0.4, 0.5) is 0 Å². The third-order valence-electron chi connectivity index (χ3n) is 3.20. The third-order valence-corrected chi connectivity index (χ3v) is 3.20. The van der Waals surface area contributed by atoms with E-state index in [4.69, 9.17) is 4.52 Å². The molecule has 0 aliphatic heterocycles. The Labute approximate surface area is 99.3 Å². The Morgan fingerprint density at radius 1 is 1.41 bits per heavy atom. The maximum atomic E-state index is 9.28. The van der Waals surface area contributed by atoms with Crippen LogP contribution in [0.1, 0.15) is 35.8 Å². The van der Waals surface area contributed by atoms with Gasteiger partial charge < -0.3 is 9.63 Å². The largest absolute Gasteiger partial charge is 0.391 e. The first-order chi connectivity index (χ1) is 8.29. The smallest absolute Gasteiger partial charge is 0.139 e. The highest BCUT2D eigenvalue weighted by Crippen LogP contribution is 2.39. The molecule has 0 spiro atoms. The van der Waals surface area contributed by atoms with E-state index in [9.17, 15) is 5.11 Å². The van der Waals surface area contributed by atoms with Gasteiger partial charge >= 0.3 is 0 Å². The summed E-state index contributed by atoms with van der Waals surface area (Å²) in [5.41, 5.74) is 3.49. The van der Waals surface area contributed by atoms with E-state index in [-0.39, 0.29) is 6.61 Å². The molecule has 0 atom stereocenters. The Morgan fingerprint density at radius 3 is 2.82 bits per heavy atom. The zero-order chi connectivity index (χ0) is 11.8. The Kier molecular flexibility index (Phi) is 2.44. The molecule has 1 N–H and O–H groups in total. The summed E-state index contributed by atoms with van der Waals surface area (Å²) in [5, 5.41) is 13.3. The van der Waals surface area contributed by atoms with Gasteiger partial charge in [-0.25, -0.2) is 0 Å². The van der Waals surface area contributed by atoms with E-state index >= 15 is 0 Å². The summed E-state index contributed by atoms with van der Waals surface area (Å²) in [6.45, 7) is 1.74. The fraction of sp³-hybridized carbons (Fsp3) is 0.385. The average Bonchev–Trinajstić information content (AvgIpc) is 3.13. The molecule has 0 radical (unpaired) electrons. The van der Waals surface area contributed by atoms with E-state index < -0.39 is 0 Å². The highest BCUT2D eigenvalue weighted by Gasteiger charge is 2.25. The molecule has 4 nitrogen and oxygen atoms in total. The van der Waals surface area contributed by atoms with Gasteiger partial charge in [-0.1, -0.05) is 5.16 Å². The molecule has 88 valence electrons. The first kappa shape index (κ1) is 10.5. The minimum atomic E-state index is -0.0605. The molecule has 0 unspecified atom stereocenters. The molecule has 3 rings (SSSR count). The van der Waals surface area contributed by atoms with Gasteiger partial charge in [0.25, 0.3) is 0 Å². The number of aryl methyl sites for hydroxylation is 1. The maximum Gasteiger partial charge on any atom is 0.139 e. The van der Waals surface area contributed by atoms with Crippen LogP contribution >= 0.6 is 0 Å². The second-order valence-corrected chi connectivity index (χ2v) is 4.47. The van der Waals surface area contributed by atoms with Crippen molar-refractivity contribution >= 4 is 0 Å². The molecule has 2 heterocycles. The van der Waals surface area contributed by atoms with Gasteiger partial charge in [-0.3, -0.25) is 4.98 Å². The first-order valence-corrected chi connectivity index (χ1v) is 5.82. The molecule has 0 amide bonds. The zero-order valence-corrected chi connectivity index (χ0v) is 9.68. The predicted molar refractivity (Wildman–Crippen MR) is 62.4 cm³/mol. The topological polar surface area (TPSA) is 59.2 Å². The average molecular weight is 230 g/mol. The highest BCUT2D eigenvalue weighted by atomic mass is 16.5. The van der Waals surface area contributed by atoms with Crippen molar-refractivity contribution in [2.45, 2.75) is 32.3 Å². The molecule has 1 fully saturated rings. The Bertz CT molecular complexity index is 527. The lowest BCUT2D eigenvalue weighted by molar-refractivity contribution is 0.278. The lowest BCUT2D eigenvalue weighted by atomic mass is 10.1. The second-order valence-electron chi connectivity index (χ2n) is 4.47. The molecule has 4 heteroatoms. The van der Waals surface area contributed by atoms with E-state index in [0.717, 1.165) is 16.8 Å². The van der Waals surface area contributed by atoms with E-state index in [1.54, 1.807) is 6.92 Å². The summed E-state index contributed by atoms with van der Waals surface area (Å²) in [4.78, 5) is 4.44. The van der Waals surface area contributed by atoms with Crippen LogP contribution in [0.2, 0.25) is 0 Å². The van der Waals surface area contributed by atoms with Gasteiger partial charge in [0, 0.05) is 28.9 Å². The fourth-order valence-electron chi connectivity index (χ4n) is 1.97. The van der Waals surface area contributed by atoms with Gasteiger partial charge in [-0.15, -0.1) is 0 Å². The van der Waals surface area contributed by atoms with Gasteiger partial charge in [0.05, 0.1) is 6.61 Å². The number of rotatable bonds is 3. The van der Waals surface area contributed by atoms with Crippen LogP contribution in [0.25, 0.3) is 11.3 Å². The van der Waals surface area contributed by atoms with Crippen molar-refractivity contribution in [1.82, 2.24) is 10.1 Å². The number of pyridine rings is 1. The summed E-state index contributed by atoms with van der Waals surface area (Å²) in [5.74, 6) is 1.31. The van der Waals surface area contributed by atoms with Gasteiger partial charge in [0.2, 0.25) is 0 Å². The number of nitrogens with zero attached hydrogens (tertiary/aromatic N) is 2. The van der Waals surface area contributed by atoms with E-state index in [1.807, 2.05) is 18.3 Å². The van der Waals surface area contributed by atoms with Crippen molar-refractivity contribution in [3.05, 3.63) is 35.3 Å². The highest BCUT2D eigenvalue weighted by molar-refractivity contribution is 5.62. The van der Waals surface area contributed by atoms with Crippen LogP contribution in [0.15, 0.2) is 22.9 Å². The van der Waals surface area contributed by atoms with Crippen LogP contribution in [0.5, 0.6) is 0 Å². The molecule has 2 aromatic heterocycles. The van der Waals surface area contributed by atoms with Crippen LogP contribution in [0, 0.1) is 6.92 Å². The number of hydrogen-bond donors (Lipinski definition) is 1. The van der Waals surface area contributed by atoms with Crippen LogP contribution in [-0.4, -0.2) is 15.2 Å². The zero-order valence-electron chi connectivity index (χ0n) is 9.68. The Morgan fingerprint density at radius 2 is 2.24 bits per heavy atom. The van der Waals surface area contributed by atoms with E-state index in [1.165, 1.54) is 12.8 Å². The summed E-state index contributed by atoms with van der Waals surface area (Å²) in [6.07, 6.45) is 4.30. The molecule has 0 bridgehead atoms. The third kappa shape index (κ3) is 1.85. The molecule has 1 aliphatic carbocycles. The second kappa shape index (κ2) is 3.96. The summed E-state index contributed by atoms with van der Waals surface area (Å²) >= 11 is 0. The minimum absolute atomic E-state index is 0.0605. The van der Waals surface area contributed by atoms with E-state index in [2.05, 4.69) is 10.1 Å². The first-order valence-electron chi connectivity index (χ1n) is 5.82. The van der Waals surface area contributed by atoms with Crippen LogP contribution in [-0.2, 0) is 6.61 Å². The SMILES string of the molecule is Cc1onc(-c2ccc(C3CC3)nc2)c1CO. The molecule has 0 saturated heterocycles. The van der Waals surface area contributed by atoms with Crippen molar-refractivity contribution < 1.29 is 9.63 Å². The number of aliphatic hydroxyl groups is 1. The number of hydrogen-bond acceptors (Lipinski definition) is 4. The van der Waals surface area contributed by atoms with Crippen molar-refractivity contribution in [1.29, 1.82) is 0 Å². The van der Waals surface area contributed by atoms with Gasteiger partial charge in [0.15, 0.2) is 0 Å². The van der Waals surface area contributed by atoms with Crippen molar-refractivity contribution in [2.24, 2.45) is 0 Å². The van der Waals surface area contributed by atoms with Crippen molar-refractivity contribution in [3.8, 4) is 11.3 Å². The van der Waals surface area contributed by atoms with Gasteiger partial charge in [-0.2, -0.15) is 0 Å². The fourth-order valence-corrected chi connectivity index (χ4v) is 1.97. The normalized spacial score (nSPS) is 15.2. The Balaban J connectivity index is 1.96. The number of aliphatic hydroxyl groups excluding tert-OH is 1. The molecular weight excluding hydrogens is 216 g/mol. The van der Waals surface area contributed by atoms with Gasteiger partial charge in [-0.05, 0) is 31.9 Å². The standard InChI is InChI=1S/C13H14N2O2/c1-8-11(7-16)13(15-17-8)10-4-5-12(14-6-10)9-2-3-9/h4-6,9,16H,2-3,7H2,1H3. The molecule has 0 aromatic carbocycles. The lowest BCUT2D eigenvalue weighted by Gasteiger charge is -2.01. The quantitative estimate of drug-likeness (QED) is 0.879. The molecule has 17 heavy (non-hydrogen) atoms. The monoisotopic (exact) mass is 230 g/mol. The molecule has 1 aliphatic rings. The summed E-state index contributed by atoms with van der Waals surface area (Å²) < 4.78 is 5.09. The minimum Gasteiger partial charge on any atom is -0.391 e.